The summed E-state index contributed by atoms with van der Waals surface area (Å²) in [4.78, 5) is 3.70. The molecular weight excluding hydrogens is 209 g/mol. The molecule has 0 aliphatic heterocycles. The number of halogens is 1. The Bertz CT molecular complexity index is 342. The molecule has 1 N–H and O–H groups in total. The number of hydrogen-bond acceptors (Lipinski definition) is 3. The van der Waals surface area contributed by atoms with Crippen LogP contribution in [-0.4, -0.2) is 22.8 Å². The van der Waals surface area contributed by atoms with Gasteiger partial charge in [-0.3, -0.25) is 4.98 Å². The predicted molar refractivity (Wildman–Crippen MR) is 59.5 cm³/mol. The summed E-state index contributed by atoms with van der Waals surface area (Å²) in [5, 5.41) is 9.84. The maximum atomic E-state index is 12.9. The monoisotopic (exact) mass is 227 g/mol. The second kappa shape index (κ2) is 5.37. The van der Waals surface area contributed by atoms with E-state index in [1.807, 2.05) is 13.8 Å². The van der Waals surface area contributed by atoms with Crippen molar-refractivity contribution in [3.8, 4) is 0 Å². The van der Waals surface area contributed by atoms with Crippen molar-refractivity contribution in [2.45, 2.75) is 38.4 Å². The van der Waals surface area contributed by atoms with Gasteiger partial charge in [0.1, 0.15) is 5.82 Å². The van der Waals surface area contributed by atoms with Gasteiger partial charge >= 0.3 is 0 Å². The Morgan fingerprint density at radius 2 is 2.19 bits per heavy atom. The van der Waals surface area contributed by atoms with Crippen LogP contribution >= 0.6 is 0 Å². The Hall–Kier alpha value is -1.00. The van der Waals surface area contributed by atoms with Gasteiger partial charge in [0.25, 0.3) is 0 Å². The lowest BCUT2D eigenvalue weighted by Gasteiger charge is -2.24. The molecule has 0 radical (unpaired) electrons. The van der Waals surface area contributed by atoms with Crippen molar-refractivity contribution in [2.75, 3.05) is 7.11 Å². The molecule has 0 amide bonds. The fraction of sp³-hybridized carbons (Fsp3) is 0.583. The topological polar surface area (TPSA) is 42.4 Å². The lowest BCUT2D eigenvalue weighted by Crippen LogP contribution is -2.23. The van der Waals surface area contributed by atoms with Gasteiger partial charge in [0.05, 0.1) is 17.9 Å². The zero-order valence-corrected chi connectivity index (χ0v) is 9.90. The van der Waals surface area contributed by atoms with E-state index in [0.717, 1.165) is 6.20 Å². The van der Waals surface area contributed by atoms with Crippen LogP contribution in [0.4, 0.5) is 4.39 Å². The Kier molecular flexibility index (Phi) is 4.38. The van der Waals surface area contributed by atoms with Crippen molar-refractivity contribution in [3.63, 3.8) is 0 Å². The summed E-state index contributed by atoms with van der Waals surface area (Å²) in [6.45, 7) is 3.90. The third kappa shape index (κ3) is 3.87. The molecule has 0 aliphatic rings. The minimum atomic E-state index is -0.697. The first-order chi connectivity index (χ1) is 7.44. The van der Waals surface area contributed by atoms with Crippen LogP contribution in [0.5, 0.6) is 0 Å². The van der Waals surface area contributed by atoms with Gasteiger partial charge in [-0.15, -0.1) is 0 Å². The Morgan fingerprint density at radius 3 is 2.75 bits per heavy atom. The maximum Gasteiger partial charge on any atom is 0.141 e. The molecule has 16 heavy (non-hydrogen) atoms. The standard InChI is InChI=1S/C12H18FNO2/c1-12(2,16-3)5-4-11(15)9-6-10(13)8-14-7-9/h6-8,11,15H,4-5H2,1-3H3. The number of aromatic nitrogens is 1. The van der Waals surface area contributed by atoms with Crippen molar-refractivity contribution in [1.82, 2.24) is 4.98 Å². The SMILES string of the molecule is COC(C)(C)CCC(O)c1cncc(F)c1. The fourth-order valence-electron chi connectivity index (χ4n) is 1.36. The molecule has 3 nitrogen and oxygen atoms in total. The largest absolute Gasteiger partial charge is 0.388 e. The minimum absolute atomic E-state index is 0.276. The molecule has 0 spiro atoms. The Labute approximate surface area is 95.3 Å². The Morgan fingerprint density at radius 1 is 1.50 bits per heavy atom. The van der Waals surface area contributed by atoms with Crippen molar-refractivity contribution < 1.29 is 14.2 Å². The maximum absolute atomic E-state index is 12.9. The molecule has 90 valence electrons. The van der Waals surface area contributed by atoms with E-state index in [-0.39, 0.29) is 5.60 Å². The van der Waals surface area contributed by atoms with E-state index >= 15 is 0 Å². The molecule has 1 aromatic rings. The van der Waals surface area contributed by atoms with Gasteiger partial charge in [-0.05, 0) is 32.8 Å². The first-order valence-corrected chi connectivity index (χ1v) is 5.28. The highest BCUT2D eigenvalue weighted by atomic mass is 19.1. The second-order valence-electron chi connectivity index (χ2n) is 4.45. The smallest absolute Gasteiger partial charge is 0.141 e. The van der Waals surface area contributed by atoms with E-state index in [4.69, 9.17) is 4.74 Å². The van der Waals surface area contributed by atoms with Gasteiger partial charge in [0.15, 0.2) is 0 Å². The van der Waals surface area contributed by atoms with E-state index in [1.54, 1.807) is 7.11 Å². The van der Waals surface area contributed by atoms with Crippen LogP contribution in [0.2, 0.25) is 0 Å². The van der Waals surface area contributed by atoms with Crippen LogP contribution in [-0.2, 0) is 4.74 Å². The van der Waals surface area contributed by atoms with Gasteiger partial charge in [0.2, 0.25) is 0 Å². The predicted octanol–water partition coefficient (Wildman–Crippen LogP) is 2.46. The molecule has 0 aromatic carbocycles. The molecule has 0 saturated heterocycles. The molecular formula is C12H18FNO2. The molecule has 1 rings (SSSR count). The third-order valence-corrected chi connectivity index (χ3v) is 2.68. The number of aliphatic hydroxyl groups excluding tert-OH is 1. The minimum Gasteiger partial charge on any atom is -0.388 e. The number of aliphatic hydroxyl groups is 1. The summed E-state index contributed by atoms with van der Waals surface area (Å²) in [7, 11) is 1.64. The van der Waals surface area contributed by atoms with Gasteiger partial charge in [-0.1, -0.05) is 0 Å². The first kappa shape index (κ1) is 13.1. The molecule has 1 unspecified atom stereocenters. The summed E-state index contributed by atoms with van der Waals surface area (Å²) in [6.07, 6.45) is 3.12. The number of rotatable bonds is 5. The summed E-state index contributed by atoms with van der Waals surface area (Å²) in [5.41, 5.74) is 0.230. The highest BCUT2D eigenvalue weighted by Crippen LogP contribution is 2.24. The van der Waals surface area contributed by atoms with Crippen molar-refractivity contribution in [2.24, 2.45) is 0 Å². The van der Waals surface area contributed by atoms with Crippen LogP contribution in [0.1, 0.15) is 38.4 Å². The zero-order valence-electron chi connectivity index (χ0n) is 9.90. The normalized spacial score (nSPS) is 13.8. The molecule has 4 heteroatoms. The highest BCUT2D eigenvalue weighted by Gasteiger charge is 2.19. The fourth-order valence-corrected chi connectivity index (χ4v) is 1.36. The van der Waals surface area contributed by atoms with E-state index in [2.05, 4.69) is 4.98 Å². The number of hydrogen-bond donors (Lipinski definition) is 1. The van der Waals surface area contributed by atoms with Gasteiger partial charge in [-0.25, -0.2) is 4.39 Å². The summed E-state index contributed by atoms with van der Waals surface area (Å²) >= 11 is 0. The molecule has 0 bridgehead atoms. The number of methoxy groups -OCH3 is 1. The average molecular weight is 227 g/mol. The summed E-state index contributed by atoms with van der Waals surface area (Å²) in [6, 6.07) is 1.30. The molecule has 0 saturated carbocycles. The number of ether oxygens (including phenoxy) is 1. The first-order valence-electron chi connectivity index (χ1n) is 5.28. The van der Waals surface area contributed by atoms with Crippen molar-refractivity contribution in [1.29, 1.82) is 0 Å². The molecule has 0 fully saturated rings. The van der Waals surface area contributed by atoms with Crippen LogP contribution in [0, 0.1) is 5.82 Å². The lowest BCUT2D eigenvalue weighted by atomic mass is 9.97. The lowest BCUT2D eigenvalue weighted by molar-refractivity contribution is 0.00274. The van der Waals surface area contributed by atoms with Gasteiger partial charge < -0.3 is 9.84 Å². The van der Waals surface area contributed by atoms with Crippen LogP contribution in [0.15, 0.2) is 18.5 Å². The van der Waals surface area contributed by atoms with Crippen LogP contribution in [0.3, 0.4) is 0 Å². The molecule has 1 aromatic heterocycles. The molecule has 1 heterocycles. The quantitative estimate of drug-likeness (QED) is 0.840. The summed E-state index contributed by atoms with van der Waals surface area (Å²) in [5.74, 6) is -0.428. The number of nitrogens with zero attached hydrogens (tertiary/aromatic N) is 1. The highest BCUT2D eigenvalue weighted by molar-refractivity contribution is 5.13. The number of pyridine rings is 1. The van der Waals surface area contributed by atoms with Crippen molar-refractivity contribution in [3.05, 3.63) is 29.8 Å². The van der Waals surface area contributed by atoms with Crippen molar-refractivity contribution >= 4 is 0 Å². The zero-order chi connectivity index (χ0) is 12.2. The molecule has 1 atom stereocenters. The van der Waals surface area contributed by atoms with Gasteiger partial charge in [-0.2, -0.15) is 0 Å². The van der Waals surface area contributed by atoms with Crippen LogP contribution < -0.4 is 0 Å². The second-order valence-corrected chi connectivity index (χ2v) is 4.45. The van der Waals surface area contributed by atoms with Crippen LogP contribution in [0.25, 0.3) is 0 Å². The van der Waals surface area contributed by atoms with E-state index in [9.17, 15) is 9.50 Å². The van der Waals surface area contributed by atoms with E-state index < -0.39 is 11.9 Å². The van der Waals surface area contributed by atoms with E-state index in [0.29, 0.717) is 18.4 Å². The average Bonchev–Trinajstić information content (AvgIpc) is 2.26. The molecule has 0 aliphatic carbocycles. The van der Waals surface area contributed by atoms with Gasteiger partial charge in [0, 0.05) is 18.9 Å². The van der Waals surface area contributed by atoms with E-state index in [1.165, 1.54) is 12.3 Å². The summed E-state index contributed by atoms with van der Waals surface area (Å²) < 4.78 is 18.1. The third-order valence-electron chi connectivity index (χ3n) is 2.68. The Balaban J connectivity index is 2.56.